The van der Waals surface area contributed by atoms with Crippen molar-refractivity contribution < 1.29 is 9.47 Å². The molecule has 0 amide bonds. The molecule has 0 aromatic heterocycles. The highest BCUT2D eigenvalue weighted by Gasteiger charge is 2.15. The van der Waals surface area contributed by atoms with Crippen LogP contribution in [0.1, 0.15) is 12.8 Å². The van der Waals surface area contributed by atoms with E-state index in [1.807, 2.05) is 12.1 Å². The molecule has 1 aliphatic rings. The first-order chi connectivity index (χ1) is 7.79. The first-order valence-corrected chi connectivity index (χ1v) is 5.88. The molecular formula is C12H16ClNO2. The average molecular weight is 242 g/mol. The van der Waals surface area contributed by atoms with Crippen molar-refractivity contribution in [3.8, 4) is 11.5 Å². The van der Waals surface area contributed by atoms with Crippen molar-refractivity contribution in [2.45, 2.75) is 18.9 Å². The molecule has 0 bridgehead atoms. The van der Waals surface area contributed by atoms with E-state index in [1.165, 1.54) is 0 Å². The molecule has 88 valence electrons. The van der Waals surface area contributed by atoms with Crippen LogP contribution >= 0.6 is 11.6 Å². The molecule has 0 saturated carbocycles. The summed E-state index contributed by atoms with van der Waals surface area (Å²) >= 11 is 6.10. The Balaban J connectivity index is 2.03. The van der Waals surface area contributed by atoms with Gasteiger partial charge in [-0.05, 0) is 31.5 Å². The fraction of sp³-hybridized carbons (Fsp3) is 0.500. The Morgan fingerprint density at radius 1 is 1.44 bits per heavy atom. The van der Waals surface area contributed by atoms with E-state index in [-0.39, 0.29) is 6.10 Å². The summed E-state index contributed by atoms with van der Waals surface area (Å²) in [5.41, 5.74) is 0. The minimum absolute atomic E-state index is 0.222. The number of ether oxygens (including phenoxy) is 2. The van der Waals surface area contributed by atoms with Crippen molar-refractivity contribution in [2.75, 3.05) is 20.2 Å². The van der Waals surface area contributed by atoms with E-state index in [0.29, 0.717) is 5.02 Å². The van der Waals surface area contributed by atoms with Crippen LogP contribution in [0.25, 0.3) is 0 Å². The van der Waals surface area contributed by atoms with Crippen molar-refractivity contribution in [2.24, 2.45) is 0 Å². The molecule has 3 nitrogen and oxygen atoms in total. The van der Waals surface area contributed by atoms with Gasteiger partial charge >= 0.3 is 0 Å². The van der Waals surface area contributed by atoms with Crippen LogP contribution < -0.4 is 14.8 Å². The zero-order valence-corrected chi connectivity index (χ0v) is 10.1. The van der Waals surface area contributed by atoms with Gasteiger partial charge in [-0.2, -0.15) is 0 Å². The predicted octanol–water partition coefficient (Wildman–Crippen LogP) is 2.48. The molecule has 1 aliphatic heterocycles. The number of hydrogen-bond donors (Lipinski definition) is 1. The van der Waals surface area contributed by atoms with Gasteiger partial charge in [-0.3, -0.25) is 0 Å². The molecule has 2 rings (SSSR count). The molecule has 1 heterocycles. The summed E-state index contributed by atoms with van der Waals surface area (Å²) in [5.74, 6) is 1.48. The van der Waals surface area contributed by atoms with Crippen LogP contribution in [0.5, 0.6) is 11.5 Å². The molecule has 1 atom stereocenters. The maximum Gasteiger partial charge on any atom is 0.138 e. The second-order valence-electron chi connectivity index (χ2n) is 3.88. The molecule has 1 N–H and O–H groups in total. The van der Waals surface area contributed by atoms with Gasteiger partial charge in [-0.25, -0.2) is 0 Å². The van der Waals surface area contributed by atoms with E-state index in [1.54, 1.807) is 13.2 Å². The van der Waals surface area contributed by atoms with Gasteiger partial charge in [0.15, 0.2) is 0 Å². The molecule has 0 spiro atoms. The summed E-state index contributed by atoms with van der Waals surface area (Å²) in [6, 6.07) is 5.49. The third-order valence-corrected chi connectivity index (χ3v) is 2.98. The van der Waals surface area contributed by atoms with Gasteiger partial charge in [-0.1, -0.05) is 11.6 Å². The predicted molar refractivity (Wildman–Crippen MR) is 64.5 cm³/mol. The van der Waals surface area contributed by atoms with Gasteiger partial charge in [0.2, 0.25) is 0 Å². The van der Waals surface area contributed by atoms with E-state index < -0.39 is 0 Å². The van der Waals surface area contributed by atoms with Crippen molar-refractivity contribution >= 4 is 11.6 Å². The largest absolute Gasteiger partial charge is 0.497 e. The van der Waals surface area contributed by atoms with Gasteiger partial charge in [-0.15, -0.1) is 0 Å². The SMILES string of the molecule is COc1ccc(O[C@H]2CCCNC2)c(Cl)c1. The number of hydrogen-bond acceptors (Lipinski definition) is 3. The highest BCUT2D eigenvalue weighted by Crippen LogP contribution is 2.30. The Morgan fingerprint density at radius 2 is 2.31 bits per heavy atom. The second-order valence-corrected chi connectivity index (χ2v) is 4.29. The number of benzene rings is 1. The molecule has 0 unspecified atom stereocenters. The molecule has 4 heteroatoms. The van der Waals surface area contributed by atoms with Gasteiger partial charge in [0, 0.05) is 12.6 Å². The smallest absolute Gasteiger partial charge is 0.138 e. The second kappa shape index (κ2) is 5.41. The van der Waals surface area contributed by atoms with Crippen molar-refractivity contribution in [3.63, 3.8) is 0 Å². The molecular weight excluding hydrogens is 226 g/mol. The molecule has 0 aliphatic carbocycles. The molecule has 0 radical (unpaired) electrons. The average Bonchev–Trinajstić information content (AvgIpc) is 2.33. The normalized spacial score (nSPS) is 20.5. The highest BCUT2D eigenvalue weighted by atomic mass is 35.5. The first kappa shape index (κ1) is 11.6. The van der Waals surface area contributed by atoms with E-state index in [0.717, 1.165) is 37.4 Å². The standard InChI is InChI=1S/C12H16ClNO2/c1-15-9-4-5-12(11(13)7-9)16-10-3-2-6-14-8-10/h4-5,7,10,14H,2-3,6,8H2,1H3/t10-/m0/s1. The quantitative estimate of drug-likeness (QED) is 0.882. The highest BCUT2D eigenvalue weighted by molar-refractivity contribution is 6.32. The van der Waals surface area contributed by atoms with Crippen LogP contribution in [0.3, 0.4) is 0 Å². The zero-order chi connectivity index (χ0) is 11.4. The van der Waals surface area contributed by atoms with Crippen LogP contribution in [0.2, 0.25) is 5.02 Å². The Labute approximate surface area is 101 Å². The summed E-state index contributed by atoms with van der Waals surface area (Å²) in [6.07, 6.45) is 2.45. The maximum atomic E-state index is 6.10. The fourth-order valence-electron chi connectivity index (χ4n) is 1.80. The third kappa shape index (κ3) is 2.80. The number of rotatable bonds is 3. The van der Waals surface area contributed by atoms with Crippen LogP contribution in [0.15, 0.2) is 18.2 Å². The maximum absolute atomic E-state index is 6.10. The summed E-state index contributed by atoms with van der Waals surface area (Å²) in [5, 5.41) is 3.91. The van der Waals surface area contributed by atoms with Crippen LogP contribution in [-0.2, 0) is 0 Å². The summed E-state index contributed by atoms with van der Waals surface area (Å²) < 4.78 is 10.9. The summed E-state index contributed by atoms with van der Waals surface area (Å²) in [6.45, 7) is 1.97. The molecule has 1 saturated heterocycles. The van der Waals surface area contributed by atoms with E-state index in [9.17, 15) is 0 Å². The Morgan fingerprint density at radius 3 is 2.94 bits per heavy atom. The fourth-order valence-corrected chi connectivity index (χ4v) is 2.02. The molecule has 1 fully saturated rings. The Bertz CT molecular complexity index is 351. The first-order valence-electron chi connectivity index (χ1n) is 5.50. The lowest BCUT2D eigenvalue weighted by molar-refractivity contribution is 0.167. The molecule has 1 aromatic rings. The van der Waals surface area contributed by atoms with Crippen molar-refractivity contribution in [3.05, 3.63) is 23.2 Å². The Kier molecular flexibility index (Phi) is 3.91. The minimum Gasteiger partial charge on any atom is -0.497 e. The van der Waals surface area contributed by atoms with Crippen molar-refractivity contribution in [1.82, 2.24) is 5.32 Å². The lowest BCUT2D eigenvalue weighted by atomic mass is 10.1. The molecule has 16 heavy (non-hydrogen) atoms. The summed E-state index contributed by atoms with van der Waals surface area (Å²) in [4.78, 5) is 0. The van der Waals surface area contributed by atoms with Gasteiger partial charge in [0.25, 0.3) is 0 Å². The lowest BCUT2D eigenvalue weighted by Crippen LogP contribution is -2.37. The zero-order valence-electron chi connectivity index (χ0n) is 9.33. The number of halogens is 1. The van der Waals surface area contributed by atoms with Gasteiger partial charge < -0.3 is 14.8 Å². The Hall–Kier alpha value is -0.930. The van der Waals surface area contributed by atoms with Gasteiger partial charge in [0.05, 0.1) is 12.1 Å². The lowest BCUT2D eigenvalue weighted by Gasteiger charge is -2.24. The molecule has 1 aromatic carbocycles. The minimum atomic E-state index is 0.222. The van der Waals surface area contributed by atoms with Crippen LogP contribution in [0.4, 0.5) is 0 Å². The summed E-state index contributed by atoms with van der Waals surface area (Å²) in [7, 11) is 1.62. The van der Waals surface area contributed by atoms with Crippen molar-refractivity contribution in [1.29, 1.82) is 0 Å². The topological polar surface area (TPSA) is 30.5 Å². The number of nitrogens with one attached hydrogen (secondary N) is 1. The van der Waals surface area contributed by atoms with E-state index >= 15 is 0 Å². The monoisotopic (exact) mass is 241 g/mol. The van der Waals surface area contributed by atoms with Gasteiger partial charge in [0.1, 0.15) is 17.6 Å². The van der Waals surface area contributed by atoms with Crippen LogP contribution in [-0.4, -0.2) is 26.3 Å². The van der Waals surface area contributed by atoms with Crippen LogP contribution in [0, 0.1) is 0 Å². The van der Waals surface area contributed by atoms with E-state index in [2.05, 4.69) is 5.32 Å². The third-order valence-electron chi connectivity index (χ3n) is 2.68. The van der Waals surface area contributed by atoms with E-state index in [4.69, 9.17) is 21.1 Å². The number of methoxy groups -OCH3 is 1. The number of piperidine rings is 1.